The fraction of sp³-hybridized carbons (Fsp3) is 0.800. The summed E-state index contributed by atoms with van der Waals surface area (Å²) in [5.41, 5.74) is 0.746. The third-order valence-corrected chi connectivity index (χ3v) is 12.4. The summed E-state index contributed by atoms with van der Waals surface area (Å²) in [7, 11) is 0. The zero-order chi connectivity index (χ0) is 27.1. The number of esters is 1. The molecule has 0 radical (unpaired) electrons. The van der Waals surface area contributed by atoms with E-state index in [0.717, 1.165) is 67.6 Å². The highest BCUT2D eigenvalue weighted by molar-refractivity contribution is 5.89. The van der Waals surface area contributed by atoms with Gasteiger partial charge in [0, 0.05) is 0 Å². The van der Waals surface area contributed by atoms with E-state index in [1.165, 1.54) is 44.9 Å². The Bertz CT molecular complexity index is 942. The van der Waals surface area contributed by atoms with E-state index >= 15 is 0 Å². The Morgan fingerprint density at radius 2 is 1.68 bits per heavy atom. The maximum absolute atomic E-state index is 12.8. The summed E-state index contributed by atoms with van der Waals surface area (Å²) in [6, 6.07) is 9.45. The molecule has 1 aromatic carbocycles. The molecule has 0 spiro atoms. The molecule has 3 heteroatoms. The summed E-state index contributed by atoms with van der Waals surface area (Å²) in [6.45, 7) is 11.7. The van der Waals surface area contributed by atoms with Gasteiger partial charge in [-0.05, 0) is 142 Å². The lowest BCUT2D eigenvalue weighted by Gasteiger charge is -2.57. The largest absolute Gasteiger partial charge is 0.459 e. The zero-order valence-electron chi connectivity index (χ0n) is 24.8. The predicted molar refractivity (Wildman–Crippen MR) is 155 cm³/mol. The summed E-state index contributed by atoms with van der Waals surface area (Å²) < 4.78 is 6.03. The highest BCUT2D eigenvalue weighted by atomic mass is 16.5. The fourth-order valence-electron chi connectivity index (χ4n) is 10.2. The number of aliphatic hydroxyl groups is 1. The monoisotopic (exact) mass is 522 g/mol. The molecule has 4 saturated carbocycles. The third kappa shape index (κ3) is 5.35. The molecule has 38 heavy (non-hydrogen) atoms. The normalized spacial score (nSPS) is 40.1. The average molecular weight is 523 g/mol. The van der Waals surface area contributed by atoms with Gasteiger partial charge in [0.05, 0.1) is 11.2 Å². The van der Waals surface area contributed by atoms with Crippen molar-refractivity contribution in [1.82, 2.24) is 0 Å². The Labute approximate surface area is 232 Å². The summed E-state index contributed by atoms with van der Waals surface area (Å²) in [5.74, 6) is 5.95. The van der Waals surface area contributed by atoms with Crippen LogP contribution < -0.4 is 0 Å². The predicted octanol–water partition coefficient (Wildman–Crippen LogP) is 8.69. The molecule has 0 aliphatic heterocycles. The molecule has 5 rings (SSSR count). The lowest BCUT2D eigenvalue weighted by Crippen LogP contribution is -2.51. The van der Waals surface area contributed by atoms with Gasteiger partial charge in [-0.25, -0.2) is 4.79 Å². The average Bonchev–Trinajstić information content (AvgIpc) is 3.28. The summed E-state index contributed by atoms with van der Waals surface area (Å²) in [4.78, 5) is 12.8. The van der Waals surface area contributed by atoms with Gasteiger partial charge in [0.1, 0.15) is 6.10 Å². The first-order valence-corrected chi connectivity index (χ1v) is 16.1. The van der Waals surface area contributed by atoms with Crippen LogP contribution >= 0.6 is 0 Å². The number of ether oxygens (including phenoxy) is 1. The van der Waals surface area contributed by atoms with Crippen LogP contribution in [0.4, 0.5) is 0 Å². The van der Waals surface area contributed by atoms with E-state index in [9.17, 15) is 9.90 Å². The molecular formula is C35H54O3. The maximum atomic E-state index is 12.8. The second-order valence-corrected chi connectivity index (χ2v) is 14.6. The molecule has 4 aliphatic rings. The van der Waals surface area contributed by atoms with Crippen LogP contribution in [-0.2, 0) is 4.74 Å². The van der Waals surface area contributed by atoms with Crippen LogP contribution in [0.1, 0.15) is 122 Å². The van der Waals surface area contributed by atoms with Crippen molar-refractivity contribution in [2.24, 2.45) is 52.8 Å². The molecule has 1 unspecified atom stereocenters. The van der Waals surface area contributed by atoms with Gasteiger partial charge < -0.3 is 9.84 Å². The molecule has 212 valence electrons. The molecule has 0 amide bonds. The van der Waals surface area contributed by atoms with Crippen molar-refractivity contribution < 1.29 is 14.6 Å². The summed E-state index contributed by atoms with van der Waals surface area (Å²) >= 11 is 0. The molecule has 10 atom stereocenters. The zero-order valence-corrected chi connectivity index (χ0v) is 24.8. The van der Waals surface area contributed by atoms with E-state index in [-0.39, 0.29) is 17.7 Å². The number of carbonyl (C=O) groups is 1. The van der Waals surface area contributed by atoms with Crippen LogP contribution in [0.15, 0.2) is 30.3 Å². The van der Waals surface area contributed by atoms with Gasteiger partial charge in [-0.15, -0.1) is 0 Å². The van der Waals surface area contributed by atoms with Crippen molar-refractivity contribution in [1.29, 1.82) is 0 Å². The first kappa shape index (κ1) is 28.2. The van der Waals surface area contributed by atoms with Crippen molar-refractivity contribution in [2.45, 2.75) is 123 Å². The van der Waals surface area contributed by atoms with E-state index in [2.05, 4.69) is 34.6 Å². The Kier molecular flexibility index (Phi) is 8.35. The Hall–Kier alpha value is -1.35. The first-order valence-electron chi connectivity index (χ1n) is 16.1. The van der Waals surface area contributed by atoms with E-state index < -0.39 is 0 Å². The highest BCUT2D eigenvalue weighted by Crippen LogP contribution is 2.66. The van der Waals surface area contributed by atoms with Gasteiger partial charge in [-0.2, -0.15) is 0 Å². The third-order valence-electron chi connectivity index (χ3n) is 12.4. The molecule has 0 saturated heterocycles. The lowest BCUT2D eigenvalue weighted by molar-refractivity contribution is -0.109. The molecule has 1 aromatic rings. The van der Waals surface area contributed by atoms with Crippen molar-refractivity contribution >= 4 is 5.97 Å². The smallest absolute Gasteiger partial charge is 0.338 e. The van der Waals surface area contributed by atoms with Crippen LogP contribution in [0.25, 0.3) is 0 Å². The number of hydrogen-bond acceptors (Lipinski definition) is 3. The van der Waals surface area contributed by atoms with E-state index in [0.29, 0.717) is 22.8 Å². The molecule has 3 nitrogen and oxygen atoms in total. The van der Waals surface area contributed by atoms with Gasteiger partial charge in [-0.1, -0.05) is 52.8 Å². The maximum Gasteiger partial charge on any atom is 0.338 e. The Morgan fingerprint density at radius 1 is 0.947 bits per heavy atom. The number of hydrogen-bond donors (Lipinski definition) is 1. The first-order chi connectivity index (χ1) is 18.1. The van der Waals surface area contributed by atoms with Crippen LogP contribution in [-0.4, -0.2) is 22.8 Å². The van der Waals surface area contributed by atoms with Gasteiger partial charge in [0.25, 0.3) is 0 Å². The molecule has 4 fully saturated rings. The second kappa shape index (κ2) is 11.3. The minimum absolute atomic E-state index is 0.0192. The number of fused-ring (bicyclic) bond motifs is 5. The standard InChI is InChI=1S/C35H54O3/c1-6-35(37)21-19-27-26(22-35)13-14-29-28(27)18-20-34(5)30(15-16-31(29)34)24(4)12-17-32(23(2)3)38-33(36)25-10-8-7-9-11-25/h7-11,23-24,26-32,37H,6,12-22H2,1-5H3/t24-,26+,27+,28-,29-,30-,31+,32?,34-,35+/m1/s1. The van der Waals surface area contributed by atoms with E-state index in [1.807, 2.05) is 30.3 Å². The van der Waals surface area contributed by atoms with E-state index in [4.69, 9.17) is 4.74 Å². The van der Waals surface area contributed by atoms with Crippen molar-refractivity contribution in [3.8, 4) is 0 Å². The molecule has 4 aliphatic carbocycles. The molecule has 1 N–H and O–H groups in total. The van der Waals surface area contributed by atoms with Gasteiger partial charge in [0.2, 0.25) is 0 Å². The molecular weight excluding hydrogens is 468 g/mol. The van der Waals surface area contributed by atoms with Crippen LogP contribution in [0.2, 0.25) is 0 Å². The van der Waals surface area contributed by atoms with Crippen LogP contribution in [0, 0.1) is 52.8 Å². The quantitative estimate of drug-likeness (QED) is 0.347. The number of benzene rings is 1. The fourth-order valence-corrected chi connectivity index (χ4v) is 10.2. The minimum Gasteiger partial charge on any atom is -0.459 e. The van der Waals surface area contributed by atoms with Gasteiger partial charge in [0.15, 0.2) is 0 Å². The summed E-state index contributed by atoms with van der Waals surface area (Å²) in [6.07, 6.45) is 14.7. The van der Waals surface area contributed by atoms with Crippen LogP contribution in [0.3, 0.4) is 0 Å². The van der Waals surface area contributed by atoms with Gasteiger partial charge >= 0.3 is 5.97 Å². The highest BCUT2D eigenvalue weighted by Gasteiger charge is 2.58. The topological polar surface area (TPSA) is 46.5 Å². The molecule has 0 heterocycles. The van der Waals surface area contributed by atoms with Crippen LogP contribution in [0.5, 0.6) is 0 Å². The SMILES string of the molecule is CC[C@]1(O)CC[C@H]2[C@@H](CC[C@@H]3[C@@H]2CC[C@]2(C)[C@@H]([C@H](C)CCC(OC(=O)c4ccccc4)C(C)C)CC[C@@H]32)C1. The molecule has 0 bridgehead atoms. The number of carbonyl (C=O) groups excluding carboxylic acids is 1. The van der Waals surface area contributed by atoms with Crippen molar-refractivity contribution in [2.75, 3.05) is 0 Å². The minimum atomic E-state index is -0.381. The van der Waals surface area contributed by atoms with E-state index in [1.54, 1.807) is 0 Å². The van der Waals surface area contributed by atoms with Crippen molar-refractivity contribution in [3.63, 3.8) is 0 Å². The second-order valence-electron chi connectivity index (χ2n) is 14.6. The van der Waals surface area contributed by atoms with Crippen molar-refractivity contribution in [3.05, 3.63) is 35.9 Å². The Balaban J connectivity index is 1.20. The van der Waals surface area contributed by atoms with Gasteiger partial charge in [-0.3, -0.25) is 0 Å². The summed E-state index contributed by atoms with van der Waals surface area (Å²) in [5, 5.41) is 11.0. The number of rotatable bonds is 8. The Morgan fingerprint density at radius 3 is 2.39 bits per heavy atom. The lowest BCUT2D eigenvalue weighted by atomic mass is 9.48. The molecule has 0 aromatic heterocycles.